The van der Waals surface area contributed by atoms with Crippen LogP contribution in [0, 0.1) is 5.92 Å². The molecule has 0 radical (unpaired) electrons. The molecule has 6 heteroatoms. The molecule has 4 atom stereocenters. The zero-order valence-electron chi connectivity index (χ0n) is 23.8. The van der Waals surface area contributed by atoms with Gasteiger partial charge in [-0.1, -0.05) is 74.6 Å². The molecule has 1 unspecified atom stereocenters. The van der Waals surface area contributed by atoms with E-state index in [1.54, 1.807) is 0 Å². The summed E-state index contributed by atoms with van der Waals surface area (Å²) in [5.41, 5.74) is 3.23. The van der Waals surface area contributed by atoms with E-state index in [1.165, 1.54) is 64.9 Å². The highest BCUT2D eigenvalue weighted by Crippen LogP contribution is 2.44. The van der Waals surface area contributed by atoms with Crippen molar-refractivity contribution < 1.29 is 9.53 Å². The van der Waals surface area contributed by atoms with Crippen LogP contribution in [0.3, 0.4) is 0 Å². The van der Waals surface area contributed by atoms with Crippen LogP contribution in [0.4, 0.5) is 0 Å². The van der Waals surface area contributed by atoms with Crippen molar-refractivity contribution in [3.63, 3.8) is 0 Å². The molecular formula is C34H43N3O3. The Morgan fingerprint density at radius 2 is 1.48 bits per heavy atom. The standard InChI is InChI=1S/C34H43N3O3/c1-40-34(39)25(20-24-12-6-5-7-13-24)21-31-33(38)37(32-17-11-10-16-30(32)35-31)29-22-27-18-19-28(23-29)36(27)26-14-8-3-2-4-9-15-26/h5-7,10-13,16-17,25-29H,2-4,8-9,14-15,18-23H2,1H3/t25-,27-,28+,29?/m1/s1. The molecule has 2 saturated heterocycles. The molecule has 40 heavy (non-hydrogen) atoms. The third-order valence-electron chi connectivity index (χ3n) is 9.79. The maximum atomic E-state index is 14.2. The van der Waals surface area contributed by atoms with Gasteiger partial charge in [0.15, 0.2) is 0 Å². The fraction of sp³-hybridized carbons (Fsp3) is 0.559. The first-order valence-electron chi connectivity index (χ1n) is 15.5. The van der Waals surface area contributed by atoms with Crippen LogP contribution in [0.15, 0.2) is 59.4 Å². The molecule has 3 aliphatic rings. The molecule has 0 spiro atoms. The number of piperidine rings is 1. The molecule has 212 valence electrons. The Labute approximate surface area is 237 Å². The van der Waals surface area contributed by atoms with Crippen molar-refractivity contribution in [1.82, 2.24) is 14.5 Å². The first-order chi connectivity index (χ1) is 19.6. The zero-order valence-corrected chi connectivity index (χ0v) is 23.8. The molecule has 6 rings (SSSR count). The number of hydrogen-bond acceptors (Lipinski definition) is 5. The van der Waals surface area contributed by atoms with E-state index in [2.05, 4.69) is 9.47 Å². The third-order valence-corrected chi connectivity index (χ3v) is 9.79. The number of esters is 1. The smallest absolute Gasteiger partial charge is 0.309 e. The monoisotopic (exact) mass is 541 g/mol. The van der Waals surface area contributed by atoms with E-state index in [-0.39, 0.29) is 24.0 Å². The summed E-state index contributed by atoms with van der Waals surface area (Å²) in [7, 11) is 1.42. The normalized spacial score (nSPS) is 24.9. The molecular weight excluding hydrogens is 498 g/mol. The van der Waals surface area contributed by atoms with Gasteiger partial charge < -0.3 is 9.30 Å². The minimum atomic E-state index is -0.459. The number of carbonyl (C=O) groups excluding carboxylic acids is 1. The molecule has 2 bridgehead atoms. The zero-order chi connectivity index (χ0) is 27.5. The van der Waals surface area contributed by atoms with Crippen molar-refractivity contribution in [2.75, 3.05) is 7.11 Å². The van der Waals surface area contributed by atoms with Gasteiger partial charge in [-0.3, -0.25) is 14.5 Å². The van der Waals surface area contributed by atoms with Gasteiger partial charge in [0, 0.05) is 30.6 Å². The molecule has 3 aromatic rings. The second-order valence-electron chi connectivity index (χ2n) is 12.3. The Hall–Kier alpha value is -2.99. The molecule has 0 N–H and O–H groups in total. The number of nitrogens with zero attached hydrogens (tertiary/aromatic N) is 3. The van der Waals surface area contributed by atoms with Crippen molar-refractivity contribution in [3.05, 3.63) is 76.2 Å². The van der Waals surface area contributed by atoms with Gasteiger partial charge in [0.1, 0.15) is 5.69 Å². The first-order valence-corrected chi connectivity index (χ1v) is 15.5. The SMILES string of the molecule is COC(=O)[C@H](Cc1ccccc1)Cc1nc2ccccc2n(C2C[C@H]3CC[C@@H](C2)N3C2CCCCCCC2)c1=O. The van der Waals surface area contributed by atoms with Crippen LogP contribution in [-0.2, 0) is 22.4 Å². The third kappa shape index (κ3) is 5.60. The number of aromatic nitrogens is 2. The second-order valence-corrected chi connectivity index (χ2v) is 12.3. The van der Waals surface area contributed by atoms with E-state index in [0.717, 1.165) is 29.4 Å². The van der Waals surface area contributed by atoms with E-state index >= 15 is 0 Å². The van der Waals surface area contributed by atoms with Crippen molar-refractivity contribution >= 4 is 17.0 Å². The number of hydrogen-bond donors (Lipinski definition) is 0. The van der Waals surface area contributed by atoms with E-state index in [4.69, 9.17) is 9.72 Å². The average Bonchev–Trinajstić information content (AvgIpc) is 3.21. The quantitative estimate of drug-likeness (QED) is 0.331. The van der Waals surface area contributed by atoms with Gasteiger partial charge in [-0.05, 0) is 62.6 Å². The first kappa shape index (κ1) is 27.2. The summed E-state index contributed by atoms with van der Waals surface area (Å²) >= 11 is 0. The molecule has 6 nitrogen and oxygen atoms in total. The molecule has 3 fully saturated rings. The molecule has 2 aromatic carbocycles. The van der Waals surface area contributed by atoms with E-state index in [9.17, 15) is 9.59 Å². The topological polar surface area (TPSA) is 64.4 Å². The Kier molecular flexibility index (Phi) is 8.33. The Morgan fingerprint density at radius 3 is 2.17 bits per heavy atom. The number of fused-ring (bicyclic) bond motifs is 3. The number of ether oxygens (including phenoxy) is 1. The largest absolute Gasteiger partial charge is 0.469 e. The average molecular weight is 542 g/mol. The van der Waals surface area contributed by atoms with Crippen molar-refractivity contribution in [1.29, 1.82) is 0 Å². The van der Waals surface area contributed by atoms with E-state index in [1.807, 2.05) is 54.6 Å². The number of methoxy groups -OCH3 is 1. The molecule has 1 aliphatic carbocycles. The summed E-state index contributed by atoms with van der Waals surface area (Å²) in [5.74, 6) is -0.755. The van der Waals surface area contributed by atoms with Gasteiger partial charge in [0.25, 0.3) is 5.56 Å². The van der Waals surface area contributed by atoms with Crippen LogP contribution in [0.1, 0.15) is 87.9 Å². The summed E-state index contributed by atoms with van der Waals surface area (Å²) in [5, 5.41) is 0. The van der Waals surface area contributed by atoms with Gasteiger partial charge >= 0.3 is 5.97 Å². The molecule has 2 aliphatic heterocycles. The summed E-state index contributed by atoms with van der Waals surface area (Å²) in [6.07, 6.45) is 14.8. The summed E-state index contributed by atoms with van der Waals surface area (Å²) in [4.78, 5) is 34.8. The lowest BCUT2D eigenvalue weighted by atomic mass is 9.89. The van der Waals surface area contributed by atoms with Crippen LogP contribution in [0.25, 0.3) is 11.0 Å². The number of benzene rings is 2. The van der Waals surface area contributed by atoms with Gasteiger partial charge in [-0.15, -0.1) is 0 Å². The highest BCUT2D eigenvalue weighted by molar-refractivity contribution is 5.75. The van der Waals surface area contributed by atoms with Gasteiger partial charge in [0.05, 0.1) is 24.1 Å². The van der Waals surface area contributed by atoms with E-state index in [0.29, 0.717) is 30.2 Å². The minimum Gasteiger partial charge on any atom is -0.469 e. The predicted molar refractivity (Wildman–Crippen MR) is 158 cm³/mol. The number of carbonyl (C=O) groups is 1. The highest BCUT2D eigenvalue weighted by atomic mass is 16.5. The van der Waals surface area contributed by atoms with Crippen LogP contribution >= 0.6 is 0 Å². The van der Waals surface area contributed by atoms with Gasteiger partial charge in [0.2, 0.25) is 0 Å². The van der Waals surface area contributed by atoms with Crippen LogP contribution in [0.5, 0.6) is 0 Å². The molecule has 3 heterocycles. The Balaban J connectivity index is 1.30. The molecule has 1 aromatic heterocycles. The Morgan fingerprint density at radius 1 is 0.825 bits per heavy atom. The van der Waals surface area contributed by atoms with Crippen LogP contribution in [-0.4, -0.2) is 45.7 Å². The van der Waals surface area contributed by atoms with Crippen LogP contribution < -0.4 is 5.56 Å². The van der Waals surface area contributed by atoms with Crippen molar-refractivity contribution in [3.8, 4) is 0 Å². The van der Waals surface area contributed by atoms with Crippen LogP contribution in [0.2, 0.25) is 0 Å². The van der Waals surface area contributed by atoms with Crippen molar-refractivity contribution in [2.24, 2.45) is 5.92 Å². The lowest BCUT2D eigenvalue weighted by Crippen LogP contribution is -2.50. The Bertz CT molecular complexity index is 1350. The fourth-order valence-corrected chi connectivity index (χ4v) is 7.96. The highest BCUT2D eigenvalue weighted by Gasteiger charge is 2.44. The number of para-hydroxylation sites is 2. The lowest BCUT2D eigenvalue weighted by Gasteiger charge is -2.45. The minimum absolute atomic E-state index is 0.0375. The van der Waals surface area contributed by atoms with Crippen molar-refractivity contribution in [2.45, 2.75) is 108 Å². The number of rotatable bonds is 7. The predicted octanol–water partition coefficient (Wildman–Crippen LogP) is 6.25. The van der Waals surface area contributed by atoms with Gasteiger partial charge in [-0.25, -0.2) is 4.98 Å². The maximum absolute atomic E-state index is 14.2. The summed E-state index contributed by atoms with van der Waals surface area (Å²) < 4.78 is 7.22. The summed E-state index contributed by atoms with van der Waals surface area (Å²) in [6.45, 7) is 0. The molecule has 1 saturated carbocycles. The second kappa shape index (κ2) is 12.3. The molecule has 0 amide bonds. The van der Waals surface area contributed by atoms with Gasteiger partial charge in [-0.2, -0.15) is 0 Å². The fourth-order valence-electron chi connectivity index (χ4n) is 7.96. The lowest BCUT2D eigenvalue weighted by molar-refractivity contribution is -0.145. The van der Waals surface area contributed by atoms with E-state index < -0.39 is 5.92 Å². The summed E-state index contributed by atoms with van der Waals surface area (Å²) in [6, 6.07) is 19.9. The maximum Gasteiger partial charge on any atom is 0.309 e.